The van der Waals surface area contributed by atoms with Gasteiger partial charge in [0.1, 0.15) is 12.4 Å². The zero-order valence-electron chi connectivity index (χ0n) is 10.3. The SMILES string of the molecule is COCCC(=O)Nc1ccc(OCCN)cc1.Cl. The van der Waals surface area contributed by atoms with E-state index in [1.807, 2.05) is 0 Å². The smallest absolute Gasteiger partial charge is 0.226 e. The van der Waals surface area contributed by atoms with E-state index in [-0.39, 0.29) is 18.3 Å². The van der Waals surface area contributed by atoms with Crippen LogP contribution in [0, 0.1) is 0 Å². The standard InChI is InChI=1S/C12H18N2O3.ClH/c1-16-8-6-12(15)14-10-2-4-11(5-3-10)17-9-7-13;/h2-5H,6-9,13H2,1H3,(H,14,15);1H. The van der Waals surface area contributed by atoms with Gasteiger partial charge in [0.25, 0.3) is 0 Å². The van der Waals surface area contributed by atoms with Crippen molar-refractivity contribution in [3.8, 4) is 5.75 Å². The molecular weight excluding hydrogens is 256 g/mol. The maximum Gasteiger partial charge on any atom is 0.226 e. The second kappa shape index (κ2) is 9.70. The number of carbonyl (C=O) groups is 1. The molecule has 6 heteroatoms. The molecule has 1 aromatic rings. The first-order chi connectivity index (χ1) is 8.26. The Balaban J connectivity index is 0.00000289. The molecule has 3 N–H and O–H groups in total. The van der Waals surface area contributed by atoms with Crippen LogP contribution in [-0.2, 0) is 9.53 Å². The van der Waals surface area contributed by atoms with Crippen LogP contribution in [0.4, 0.5) is 5.69 Å². The van der Waals surface area contributed by atoms with E-state index in [0.717, 1.165) is 11.4 Å². The minimum Gasteiger partial charge on any atom is -0.492 e. The molecule has 0 saturated carbocycles. The lowest BCUT2D eigenvalue weighted by molar-refractivity contribution is -0.117. The average molecular weight is 275 g/mol. The number of nitrogens with one attached hydrogen (secondary N) is 1. The summed E-state index contributed by atoms with van der Waals surface area (Å²) in [4.78, 5) is 11.4. The molecule has 18 heavy (non-hydrogen) atoms. The third-order valence-electron chi connectivity index (χ3n) is 2.06. The zero-order valence-corrected chi connectivity index (χ0v) is 11.2. The number of rotatable bonds is 7. The van der Waals surface area contributed by atoms with E-state index < -0.39 is 0 Å². The number of benzene rings is 1. The largest absolute Gasteiger partial charge is 0.492 e. The fourth-order valence-electron chi connectivity index (χ4n) is 1.23. The molecule has 0 bridgehead atoms. The Hall–Kier alpha value is -1.30. The molecule has 102 valence electrons. The van der Waals surface area contributed by atoms with Gasteiger partial charge >= 0.3 is 0 Å². The molecule has 1 amide bonds. The minimum atomic E-state index is -0.0672. The van der Waals surface area contributed by atoms with Crippen molar-refractivity contribution in [3.63, 3.8) is 0 Å². The van der Waals surface area contributed by atoms with Crippen molar-refractivity contribution in [2.75, 3.05) is 32.2 Å². The van der Waals surface area contributed by atoms with Crippen LogP contribution in [0.15, 0.2) is 24.3 Å². The second-order valence-electron chi connectivity index (χ2n) is 3.45. The van der Waals surface area contributed by atoms with E-state index in [9.17, 15) is 4.79 Å². The number of ether oxygens (including phenoxy) is 2. The summed E-state index contributed by atoms with van der Waals surface area (Å²) in [6.45, 7) is 1.39. The lowest BCUT2D eigenvalue weighted by atomic mass is 10.3. The van der Waals surface area contributed by atoms with Gasteiger partial charge in [-0.15, -0.1) is 12.4 Å². The number of nitrogens with two attached hydrogens (primary N) is 1. The lowest BCUT2D eigenvalue weighted by Crippen LogP contribution is -2.13. The fourth-order valence-corrected chi connectivity index (χ4v) is 1.23. The van der Waals surface area contributed by atoms with Crippen molar-refractivity contribution in [1.82, 2.24) is 0 Å². The third kappa shape index (κ3) is 6.44. The van der Waals surface area contributed by atoms with Gasteiger partial charge in [-0.05, 0) is 24.3 Å². The zero-order chi connectivity index (χ0) is 12.5. The van der Waals surface area contributed by atoms with Gasteiger partial charge in [0.2, 0.25) is 5.91 Å². The Kier molecular flexibility index (Phi) is 9.00. The number of anilines is 1. The van der Waals surface area contributed by atoms with Crippen molar-refractivity contribution in [2.24, 2.45) is 5.73 Å². The minimum absolute atomic E-state index is 0. The van der Waals surface area contributed by atoms with E-state index in [4.69, 9.17) is 15.2 Å². The first-order valence-corrected chi connectivity index (χ1v) is 5.48. The van der Waals surface area contributed by atoms with Gasteiger partial charge in [0.05, 0.1) is 13.0 Å². The Morgan fingerprint density at radius 3 is 2.50 bits per heavy atom. The summed E-state index contributed by atoms with van der Waals surface area (Å²) in [6, 6.07) is 7.16. The molecule has 0 radical (unpaired) electrons. The van der Waals surface area contributed by atoms with E-state index in [0.29, 0.717) is 26.2 Å². The molecule has 5 nitrogen and oxygen atoms in total. The summed E-state index contributed by atoms with van der Waals surface area (Å²) < 4.78 is 10.1. The summed E-state index contributed by atoms with van der Waals surface area (Å²) in [5, 5.41) is 2.76. The highest BCUT2D eigenvalue weighted by Crippen LogP contribution is 2.15. The van der Waals surface area contributed by atoms with Crippen LogP contribution in [0.2, 0.25) is 0 Å². The molecule has 0 spiro atoms. The molecule has 0 aliphatic rings. The summed E-state index contributed by atoms with van der Waals surface area (Å²) in [6.07, 6.45) is 0.349. The van der Waals surface area contributed by atoms with Gasteiger partial charge in [-0.25, -0.2) is 0 Å². The van der Waals surface area contributed by atoms with Crippen molar-refractivity contribution in [3.05, 3.63) is 24.3 Å². The van der Waals surface area contributed by atoms with Crippen molar-refractivity contribution in [1.29, 1.82) is 0 Å². The fraction of sp³-hybridized carbons (Fsp3) is 0.417. The monoisotopic (exact) mass is 274 g/mol. The normalized spacial score (nSPS) is 9.44. The summed E-state index contributed by atoms with van der Waals surface area (Å²) in [5.74, 6) is 0.674. The van der Waals surface area contributed by atoms with Gasteiger partial charge in [-0.1, -0.05) is 0 Å². The van der Waals surface area contributed by atoms with Gasteiger partial charge < -0.3 is 20.5 Å². The van der Waals surface area contributed by atoms with Crippen molar-refractivity contribution < 1.29 is 14.3 Å². The van der Waals surface area contributed by atoms with Crippen LogP contribution < -0.4 is 15.8 Å². The van der Waals surface area contributed by atoms with E-state index in [1.165, 1.54) is 0 Å². The first kappa shape index (κ1) is 16.7. The number of hydrogen-bond acceptors (Lipinski definition) is 4. The molecular formula is C12H19ClN2O3. The highest BCUT2D eigenvalue weighted by molar-refractivity contribution is 5.90. The average Bonchev–Trinajstić information content (AvgIpc) is 2.35. The number of carbonyl (C=O) groups excluding carboxylic acids is 1. The number of amides is 1. The molecule has 0 aliphatic heterocycles. The first-order valence-electron chi connectivity index (χ1n) is 5.48. The highest BCUT2D eigenvalue weighted by atomic mass is 35.5. The maximum atomic E-state index is 11.4. The Morgan fingerprint density at radius 2 is 1.94 bits per heavy atom. The topological polar surface area (TPSA) is 73.6 Å². The van der Waals surface area contributed by atoms with Crippen molar-refractivity contribution in [2.45, 2.75) is 6.42 Å². The quantitative estimate of drug-likeness (QED) is 0.789. The van der Waals surface area contributed by atoms with Crippen LogP contribution in [-0.4, -0.2) is 32.8 Å². The van der Waals surface area contributed by atoms with Gasteiger partial charge in [0, 0.05) is 19.3 Å². The molecule has 0 atom stereocenters. The second-order valence-corrected chi connectivity index (χ2v) is 3.45. The molecule has 0 aliphatic carbocycles. The highest BCUT2D eigenvalue weighted by Gasteiger charge is 2.01. The molecule has 1 aromatic carbocycles. The van der Waals surface area contributed by atoms with E-state index in [2.05, 4.69) is 5.32 Å². The van der Waals surface area contributed by atoms with Crippen LogP contribution in [0.3, 0.4) is 0 Å². The Labute approximate surface area is 113 Å². The van der Waals surface area contributed by atoms with Crippen LogP contribution >= 0.6 is 12.4 Å². The van der Waals surface area contributed by atoms with Crippen LogP contribution in [0.5, 0.6) is 5.75 Å². The third-order valence-corrected chi connectivity index (χ3v) is 2.06. The molecule has 1 rings (SSSR count). The van der Waals surface area contributed by atoms with Gasteiger partial charge in [-0.2, -0.15) is 0 Å². The molecule has 0 heterocycles. The Morgan fingerprint density at radius 1 is 1.28 bits per heavy atom. The number of halogens is 1. The molecule has 0 unspecified atom stereocenters. The molecule has 0 aromatic heterocycles. The van der Waals surface area contributed by atoms with E-state index in [1.54, 1.807) is 31.4 Å². The van der Waals surface area contributed by atoms with Crippen LogP contribution in [0.1, 0.15) is 6.42 Å². The predicted octanol–water partition coefficient (Wildman–Crippen LogP) is 1.42. The maximum absolute atomic E-state index is 11.4. The van der Waals surface area contributed by atoms with Gasteiger partial charge in [-0.3, -0.25) is 4.79 Å². The number of methoxy groups -OCH3 is 1. The summed E-state index contributed by atoms with van der Waals surface area (Å²) in [5.41, 5.74) is 6.07. The summed E-state index contributed by atoms with van der Waals surface area (Å²) in [7, 11) is 1.57. The van der Waals surface area contributed by atoms with Gasteiger partial charge in [0.15, 0.2) is 0 Å². The predicted molar refractivity (Wildman–Crippen MR) is 73.4 cm³/mol. The lowest BCUT2D eigenvalue weighted by Gasteiger charge is -2.07. The van der Waals surface area contributed by atoms with Crippen molar-refractivity contribution >= 4 is 24.0 Å². The molecule has 0 fully saturated rings. The number of hydrogen-bond donors (Lipinski definition) is 2. The summed E-state index contributed by atoms with van der Waals surface area (Å²) >= 11 is 0. The van der Waals surface area contributed by atoms with E-state index >= 15 is 0 Å². The Bertz CT molecular complexity index is 344. The van der Waals surface area contributed by atoms with Crippen LogP contribution in [0.25, 0.3) is 0 Å². The molecule has 0 saturated heterocycles.